The molecule has 2 unspecified atom stereocenters. The van der Waals surface area contributed by atoms with Gasteiger partial charge in [-0.05, 0) is 49.4 Å². The molecule has 0 heterocycles. The van der Waals surface area contributed by atoms with Crippen LogP contribution in [0.1, 0.15) is 117 Å². The first-order valence-corrected chi connectivity index (χ1v) is 11.5. The fourth-order valence-corrected chi connectivity index (χ4v) is 5.34. The smallest absolute Gasteiger partial charge is 0.0205 e. The van der Waals surface area contributed by atoms with Crippen LogP contribution in [0.15, 0.2) is 12.2 Å². The minimum atomic E-state index is 0.912. The molecule has 2 rings (SSSR count). The van der Waals surface area contributed by atoms with E-state index >= 15 is 0 Å². The zero-order valence-corrected chi connectivity index (χ0v) is 16.8. The third kappa shape index (κ3) is 7.32. The molecule has 0 bridgehead atoms. The van der Waals surface area contributed by atoms with E-state index in [2.05, 4.69) is 26.0 Å². The van der Waals surface area contributed by atoms with Crippen LogP contribution in [-0.2, 0) is 0 Å². The molecule has 0 aromatic carbocycles. The lowest BCUT2D eigenvalue weighted by Crippen LogP contribution is -2.18. The largest absolute Gasteiger partial charge is 0.0883 e. The molecule has 0 N–H and O–H groups in total. The summed E-state index contributed by atoms with van der Waals surface area (Å²) < 4.78 is 0. The lowest BCUT2D eigenvalue weighted by atomic mass is 9.75. The summed E-state index contributed by atoms with van der Waals surface area (Å²) in [7, 11) is 0. The van der Waals surface area contributed by atoms with Crippen LogP contribution in [0.2, 0.25) is 0 Å². The van der Waals surface area contributed by atoms with Crippen LogP contribution in [0.25, 0.3) is 0 Å². The highest BCUT2D eigenvalue weighted by Crippen LogP contribution is 2.37. The molecule has 0 saturated heterocycles. The monoisotopic (exact) mass is 332 g/mol. The van der Waals surface area contributed by atoms with Crippen molar-refractivity contribution in [3.8, 4) is 0 Å². The molecule has 2 fully saturated rings. The van der Waals surface area contributed by atoms with Gasteiger partial charge in [0, 0.05) is 0 Å². The Morgan fingerprint density at radius 2 is 1.38 bits per heavy atom. The Hall–Kier alpha value is -0.260. The van der Waals surface area contributed by atoms with Crippen molar-refractivity contribution in [1.29, 1.82) is 0 Å². The summed E-state index contributed by atoms with van der Waals surface area (Å²) in [5, 5.41) is 0. The number of allylic oxidation sites excluding steroid dienone is 2. The van der Waals surface area contributed by atoms with E-state index in [-0.39, 0.29) is 0 Å². The van der Waals surface area contributed by atoms with E-state index in [0.29, 0.717) is 0 Å². The van der Waals surface area contributed by atoms with Gasteiger partial charge in [-0.15, -0.1) is 0 Å². The van der Waals surface area contributed by atoms with Crippen molar-refractivity contribution in [2.24, 2.45) is 23.7 Å². The Morgan fingerprint density at radius 1 is 0.708 bits per heavy atom. The quantitative estimate of drug-likeness (QED) is 0.278. The summed E-state index contributed by atoms with van der Waals surface area (Å²) in [5.41, 5.74) is 0. The first-order chi connectivity index (χ1) is 11.8. The number of hydrogen-bond donors (Lipinski definition) is 0. The lowest BCUT2D eigenvalue weighted by Gasteiger charge is -2.30. The molecule has 0 heteroatoms. The molecule has 2 saturated carbocycles. The van der Waals surface area contributed by atoms with Gasteiger partial charge in [-0.3, -0.25) is 0 Å². The zero-order chi connectivity index (χ0) is 17.0. The Balaban J connectivity index is 1.59. The summed E-state index contributed by atoms with van der Waals surface area (Å²) in [6.45, 7) is 4.64. The van der Waals surface area contributed by atoms with Crippen molar-refractivity contribution >= 4 is 0 Å². The van der Waals surface area contributed by atoms with Crippen molar-refractivity contribution in [2.45, 2.75) is 117 Å². The Labute approximate surface area is 152 Å². The molecule has 2 atom stereocenters. The van der Waals surface area contributed by atoms with E-state index in [1.807, 2.05) is 0 Å². The predicted molar refractivity (Wildman–Crippen MR) is 108 cm³/mol. The van der Waals surface area contributed by atoms with E-state index in [1.165, 1.54) is 103 Å². The molecule has 24 heavy (non-hydrogen) atoms. The fraction of sp³-hybridized carbons (Fsp3) is 0.917. The average Bonchev–Trinajstić information content (AvgIpc) is 2.62. The van der Waals surface area contributed by atoms with Crippen molar-refractivity contribution in [3.05, 3.63) is 12.2 Å². The molecule has 0 radical (unpaired) electrons. The Kier molecular flexibility index (Phi) is 10.2. The molecule has 140 valence electrons. The molecule has 0 nitrogen and oxygen atoms in total. The molecule has 2 aliphatic carbocycles. The summed E-state index contributed by atoms with van der Waals surface area (Å²) in [5.74, 6) is 4.07. The van der Waals surface area contributed by atoms with Crippen molar-refractivity contribution in [2.75, 3.05) is 0 Å². The highest BCUT2D eigenvalue weighted by atomic mass is 14.3. The van der Waals surface area contributed by atoms with E-state index in [1.54, 1.807) is 0 Å². The van der Waals surface area contributed by atoms with Gasteiger partial charge in [0.05, 0.1) is 0 Å². The van der Waals surface area contributed by atoms with Gasteiger partial charge >= 0.3 is 0 Å². The third-order valence-corrected chi connectivity index (χ3v) is 6.91. The van der Waals surface area contributed by atoms with Gasteiger partial charge in [0.2, 0.25) is 0 Å². The summed E-state index contributed by atoms with van der Waals surface area (Å²) >= 11 is 0. The number of rotatable bonds is 10. The molecule has 0 amide bonds. The molecule has 0 aromatic heterocycles. The number of hydrogen-bond acceptors (Lipinski definition) is 0. The highest BCUT2D eigenvalue weighted by molar-refractivity contribution is 4.93. The lowest BCUT2D eigenvalue weighted by molar-refractivity contribution is 0.235. The summed E-state index contributed by atoms with van der Waals surface area (Å²) in [4.78, 5) is 0. The average molecular weight is 333 g/mol. The molecule has 0 aliphatic heterocycles. The normalized spacial score (nSPS) is 31.6. The SMILES string of the molecule is CCC/C=C/C1CCCCC1CCCCC1CCC(CCC)CC1. The maximum atomic E-state index is 2.59. The minimum absolute atomic E-state index is 0.912. The zero-order valence-electron chi connectivity index (χ0n) is 16.8. The predicted octanol–water partition coefficient (Wildman–Crippen LogP) is 8.32. The highest BCUT2D eigenvalue weighted by Gasteiger charge is 2.23. The van der Waals surface area contributed by atoms with Crippen LogP contribution in [0.4, 0.5) is 0 Å². The summed E-state index contributed by atoms with van der Waals surface area (Å²) in [6, 6.07) is 0. The first-order valence-electron chi connectivity index (χ1n) is 11.5. The van der Waals surface area contributed by atoms with E-state index in [4.69, 9.17) is 0 Å². The first kappa shape index (κ1) is 20.1. The van der Waals surface area contributed by atoms with Crippen LogP contribution in [0.3, 0.4) is 0 Å². The van der Waals surface area contributed by atoms with E-state index in [0.717, 1.165) is 23.7 Å². The Morgan fingerprint density at radius 3 is 2.08 bits per heavy atom. The minimum Gasteiger partial charge on any atom is -0.0883 e. The summed E-state index contributed by atoms with van der Waals surface area (Å²) in [6.07, 6.45) is 28.6. The fourth-order valence-electron chi connectivity index (χ4n) is 5.34. The maximum Gasteiger partial charge on any atom is -0.0205 e. The third-order valence-electron chi connectivity index (χ3n) is 6.91. The van der Waals surface area contributed by atoms with Gasteiger partial charge in [0.25, 0.3) is 0 Å². The van der Waals surface area contributed by atoms with Crippen molar-refractivity contribution in [1.82, 2.24) is 0 Å². The second-order valence-corrected chi connectivity index (χ2v) is 8.89. The second kappa shape index (κ2) is 12.2. The van der Waals surface area contributed by atoms with Crippen LogP contribution >= 0.6 is 0 Å². The van der Waals surface area contributed by atoms with Gasteiger partial charge in [-0.25, -0.2) is 0 Å². The molecule has 0 spiro atoms. The van der Waals surface area contributed by atoms with Gasteiger partial charge in [0.15, 0.2) is 0 Å². The van der Waals surface area contributed by atoms with Crippen LogP contribution in [0, 0.1) is 23.7 Å². The molecular formula is C24H44. The second-order valence-electron chi connectivity index (χ2n) is 8.89. The van der Waals surface area contributed by atoms with Crippen LogP contribution in [-0.4, -0.2) is 0 Å². The molecule has 2 aliphatic rings. The van der Waals surface area contributed by atoms with Gasteiger partial charge < -0.3 is 0 Å². The van der Waals surface area contributed by atoms with E-state index in [9.17, 15) is 0 Å². The van der Waals surface area contributed by atoms with Crippen molar-refractivity contribution < 1.29 is 0 Å². The van der Waals surface area contributed by atoms with Crippen LogP contribution < -0.4 is 0 Å². The van der Waals surface area contributed by atoms with Gasteiger partial charge in [-0.2, -0.15) is 0 Å². The number of unbranched alkanes of at least 4 members (excludes halogenated alkanes) is 2. The molecular weight excluding hydrogens is 288 g/mol. The van der Waals surface area contributed by atoms with Crippen molar-refractivity contribution in [3.63, 3.8) is 0 Å². The molecule has 0 aromatic rings. The van der Waals surface area contributed by atoms with Crippen LogP contribution in [0.5, 0.6) is 0 Å². The van der Waals surface area contributed by atoms with Gasteiger partial charge in [0.1, 0.15) is 0 Å². The van der Waals surface area contributed by atoms with Gasteiger partial charge in [-0.1, -0.05) is 103 Å². The topological polar surface area (TPSA) is 0 Å². The Bertz CT molecular complexity index is 321. The standard InChI is InChI=1S/C24H44/c1-3-5-6-13-23-15-9-10-16-24(23)14-8-7-12-22-19-17-21(11-4-2)18-20-22/h6,13,21-24H,3-5,7-12,14-20H2,1-2H3/b13-6+. The maximum absolute atomic E-state index is 2.59. The van der Waals surface area contributed by atoms with E-state index < -0.39 is 0 Å².